The number of hydrogen-bond donors (Lipinski definition) is 3. The highest BCUT2D eigenvalue weighted by Gasteiger charge is 2.23. The van der Waals surface area contributed by atoms with E-state index in [9.17, 15) is 18.7 Å². The van der Waals surface area contributed by atoms with E-state index in [0.717, 1.165) is 20.8 Å². The van der Waals surface area contributed by atoms with Crippen LogP contribution in [0.2, 0.25) is 0 Å². The van der Waals surface area contributed by atoms with Crippen molar-refractivity contribution in [3.63, 3.8) is 0 Å². The molecule has 0 saturated carbocycles. The number of amides is 1. The molecular weight excluding hydrogens is 525 g/mol. The van der Waals surface area contributed by atoms with Gasteiger partial charge in [-0.2, -0.15) is 0 Å². The Bertz CT molecular complexity index is 1060. The second-order valence-corrected chi connectivity index (χ2v) is 9.01. The van der Waals surface area contributed by atoms with Gasteiger partial charge in [0.15, 0.2) is 0 Å². The summed E-state index contributed by atoms with van der Waals surface area (Å²) in [5.41, 5.74) is 2.81. The van der Waals surface area contributed by atoms with Crippen molar-refractivity contribution in [2.75, 3.05) is 6.54 Å². The van der Waals surface area contributed by atoms with Crippen LogP contribution in [0.15, 0.2) is 66.7 Å². The predicted molar refractivity (Wildman–Crippen MR) is 129 cm³/mol. The lowest BCUT2D eigenvalue weighted by Crippen LogP contribution is -2.48. The number of carbonyl (C=O) groups is 1. The van der Waals surface area contributed by atoms with Crippen molar-refractivity contribution in [3.8, 4) is 0 Å². The number of nitrogens with one attached hydrogen (secondary N) is 2. The maximum absolute atomic E-state index is 13.7. The number of benzene rings is 3. The largest absolute Gasteiger partial charge is 0.390 e. The Morgan fingerprint density at radius 2 is 1.72 bits per heavy atom. The number of aryl methyl sites for hydroxylation is 1. The second-order valence-electron chi connectivity index (χ2n) is 7.76. The van der Waals surface area contributed by atoms with E-state index in [-0.39, 0.29) is 18.9 Å². The van der Waals surface area contributed by atoms with Crippen molar-refractivity contribution in [1.82, 2.24) is 10.6 Å². The molecule has 168 valence electrons. The molecule has 3 N–H and O–H groups in total. The third-order valence-electron chi connectivity index (χ3n) is 5.01. The van der Waals surface area contributed by atoms with Crippen molar-refractivity contribution >= 4 is 28.5 Å². The number of halogens is 3. The van der Waals surface area contributed by atoms with E-state index in [1.54, 1.807) is 18.2 Å². The summed E-state index contributed by atoms with van der Waals surface area (Å²) in [6.07, 6.45) is -0.893. The zero-order valence-corrected chi connectivity index (χ0v) is 19.8. The summed E-state index contributed by atoms with van der Waals surface area (Å²) in [7, 11) is 0. The third kappa shape index (κ3) is 7.36. The predicted octanol–water partition coefficient (Wildman–Crippen LogP) is 4.37. The number of rotatable bonds is 9. The van der Waals surface area contributed by atoms with E-state index in [2.05, 4.69) is 33.2 Å². The molecule has 0 aliphatic heterocycles. The third-order valence-corrected chi connectivity index (χ3v) is 5.68. The Morgan fingerprint density at radius 3 is 2.41 bits per heavy atom. The smallest absolute Gasteiger partial charge is 0.251 e. The molecule has 0 fully saturated rings. The van der Waals surface area contributed by atoms with Gasteiger partial charge in [-0.25, -0.2) is 8.78 Å². The van der Waals surface area contributed by atoms with E-state index >= 15 is 0 Å². The standard InChI is InChI=1S/C25H25F2IN2O2/c1-16-4-2-6-19(8-16)25(32)30-23(12-18-9-20(26)13-21(27)10-18)24(31)15-29-14-17-5-3-7-22(28)11-17/h2-11,13,23-24,29,31H,12,14-15H2,1H3,(H,30,32)/t23-,24-/m0/s1. The second kappa shape index (κ2) is 11.5. The summed E-state index contributed by atoms with van der Waals surface area (Å²) in [5.74, 6) is -1.75. The lowest BCUT2D eigenvalue weighted by Gasteiger charge is -2.25. The first kappa shape index (κ1) is 24.3. The number of aliphatic hydroxyl groups excluding tert-OH is 1. The Hall–Kier alpha value is -2.36. The van der Waals surface area contributed by atoms with Gasteiger partial charge in [-0.3, -0.25) is 4.79 Å². The first-order chi connectivity index (χ1) is 15.3. The van der Waals surface area contributed by atoms with Gasteiger partial charge in [-0.05, 0) is 83.5 Å². The first-order valence-electron chi connectivity index (χ1n) is 10.3. The Kier molecular flexibility index (Phi) is 8.72. The fourth-order valence-corrected chi connectivity index (χ4v) is 4.07. The molecule has 0 aromatic heterocycles. The van der Waals surface area contributed by atoms with Gasteiger partial charge in [0.05, 0.1) is 12.1 Å². The molecule has 0 heterocycles. The molecule has 0 aliphatic carbocycles. The van der Waals surface area contributed by atoms with Gasteiger partial charge in [0, 0.05) is 28.3 Å². The number of aliphatic hydroxyl groups is 1. The topological polar surface area (TPSA) is 61.4 Å². The van der Waals surface area contributed by atoms with Crippen LogP contribution in [0.1, 0.15) is 27.0 Å². The molecule has 0 bridgehead atoms. The van der Waals surface area contributed by atoms with Crippen LogP contribution in [0.3, 0.4) is 0 Å². The highest BCUT2D eigenvalue weighted by molar-refractivity contribution is 14.1. The molecule has 3 rings (SSSR count). The lowest BCUT2D eigenvalue weighted by molar-refractivity contribution is 0.0829. The molecule has 2 atom stereocenters. The summed E-state index contributed by atoms with van der Waals surface area (Å²) in [5, 5.41) is 16.8. The molecule has 0 radical (unpaired) electrons. The Balaban J connectivity index is 1.71. The average Bonchev–Trinajstić information content (AvgIpc) is 2.72. The van der Waals surface area contributed by atoms with Gasteiger partial charge in [-0.15, -0.1) is 0 Å². The van der Waals surface area contributed by atoms with Crippen LogP contribution in [0.4, 0.5) is 8.78 Å². The quantitative estimate of drug-likeness (QED) is 0.347. The van der Waals surface area contributed by atoms with Crippen LogP contribution in [0.5, 0.6) is 0 Å². The monoisotopic (exact) mass is 550 g/mol. The molecule has 0 saturated heterocycles. The lowest BCUT2D eigenvalue weighted by atomic mass is 10.00. The van der Waals surface area contributed by atoms with Gasteiger partial charge < -0.3 is 15.7 Å². The number of carbonyl (C=O) groups excluding carboxylic acids is 1. The highest BCUT2D eigenvalue weighted by atomic mass is 127. The SMILES string of the molecule is Cc1cccc(C(=O)N[C@@H](Cc2cc(F)cc(F)c2)[C@@H](O)CNCc2cccc(I)c2)c1. The van der Waals surface area contributed by atoms with Crippen LogP contribution in [-0.4, -0.2) is 29.7 Å². The minimum absolute atomic E-state index is 0.0817. The van der Waals surface area contributed by atoms with Crippen molar-refractivity contribution in [2.45, 2.75) is 32.0 Å². The zero-order chi connectivity index (χ0) is 23.1. The molecular formula is C25H25F2IN2O2. The van der Waals surface area contributed by atoms with E-state index in [4.69, 9.17) is 0 Å². The van der Waals surface area contributed by atoms with Crippen LogP contribution in [0, 0.1) is 22.1 Å². The molecule has 0 spiro atoms. The molecule has 3 aromatic carbocycles. The average molecular weight is 550 g/mol. The van der Waals surface area contributed by atoms with E-state index in [0.29, 0.717) is 17.7 Å². The number of hydrogen-bond acceptors (Lipinski definition) is 3. The maximum Gasteiger partial charge on any atom is 0.251 e. The van der Waals surface area contributed by atoms with E-state index in [1.165, 1.54) is 12.1 Å². The molecule has 1 amide bonds. The van der Waals surface area contributed by atoms with Crippen LogP contribution in [0.25, 0.3) is 0 Å². The van der Waals surface area contributed by atoms with Crippen molar-refractivity contribution in [3.05, 3.63) is 104 Å². The molecule has 4 nitrogen and oxygen atoms in total. The minimum atomic E-state index is -0.974. The fourth-order valence-electron chi connectivity index (χ4n) is 3.46. The van der Waals surface area contributed by atoms with Crippen LogP contribution < -0.4 is 10.6 Å². The molecule has 0 unspecified atom stereocenters. The van der Waals surface area contributed by atoms with Crippen LogP contribution in [-0.2, 0) is 13.0 Å². The maximum atomic E-state index is 13.7. The summed E-state index contributed by atoms with van der Waals surface area (Å²) in [6.45, 7) is 2.62. The summed E-state index contributed by atoms with van der Waals surface area (Å²) in [6, 6.07) is 17.5. The van der Waals surface area contributed by atoms with E-state index in [1.807, 2.05) is 37.3 Å². The Morgan fingerprint density at radius 1 is 1.00 bits per heavy atom. The Labute approximate surface area is 200 Å². The summed E-state index contributed by atoms with van der Waals surface area (Å²) < 4.78 is 28.5. The molecule has 7 heteroatoms. The highest BCUT2D eigenvalue weighted by Crippen LogP contribution is 2.13. The first-order valence-corrected chi connectivity index (χ1v) is 11.3. The fraction of sp³-hybridized carbons (Fsp3) is 0.240. The van der Waals surface area contributed by atoms with Crippen LogP contribution >= 0.6 is 22.6 Å². The van der Waals surface area contributed by atoms with Crippen molar-refractivity contribution in [2.24, 2.45) is 0 Å². The molecule has 0 aliphatic rings. The summed E-state index contributed by atoms with van der Waals surface area (Å²) >= 11 is 2.23. The van der Waals surface area contributed by atoms with Gasteiger partial charge in [0.25, 0.3) is 5.91 Å². The van der Waals surface area contributed by atoms with Gasteiger partial charge in [0.1, 0.15) is 11.6 Å². The zero-order valence-electron chi connectivity index (χ0n) is 17.6. The minimum Gasteiger partial charge on any atom is -0.390 e. The normalized spacial score (nSPS) is 12.9. The van der Waals surface area contributed by atoms with E-state index < -0.39 is 23.8 Å². The van der Waals surface area contributed by atoms with Crippen molar-refractivity contribution < 1.29 is 18.7 Å². The molecule has 32 heavy (non-hydrogen) atoms. The van der Waals surface area contributed by atoms with Crippen molar-refractivity contribution in [1.29, 1.82) is 0 Å². The summed E-state index contributed by atoms with van der Waals surface area (Å²) in [4.78, 5) is 12.8. The van der Waals surface area contributed by atoms with Gasteiger partial charge >= 0.3 is 0 Å². The van der Waals surface area contributed by atoms with Gasteiger partial charge in [-0.1, -0.05) is 29.8 Å². The molecule has 3 aromatic rings. The van der Waals surface area contributed by atoms with Gasteiger partial charge in [0.2, 0.25) is 0 Å².